The standard InChI is InChI=1S/C22H27NO3S/c1-16-11-13-20(14-12-16)27(25,26)23-22(18-8-4-3-5-9-18)21-15-19(24)10-6-7-17(21)2/h3-5,8-9,11-14,17,21-23H,6-7,10,15H2,1-2H3/t17-,21-,22-/m0/s1. The number of carbonyl (C=O) groups excluding carboxylic acids is 1. The molecule has 0 spiro atoms. The number of rotatable bonds is 5. The van der Waals surface area contributed by atoms with Crippen LogP contribution in [0.4, 0.5) is 0 Å². The lowest BCUT2D eigenvalue weighted by Gasteiger charge is -2.31. The molecule has 0 bridgehead atoms. The Kier molecular flexibility index (Phi) is 6.12. The molecule has 1 saturated carbocycles. The highest BCUT2D eigenvalue weighted by Gasteiger charge is 2.34. The first-order valence-corrected chi connectivity index (χ1v) is 11.0. The Morgan fingerprint density at radius 3 is 2.37 bits per heavy atom. The van der Waals surface area contributed by atoms with Gasteiger partial charge in [-0.1, -0.05) is 55.0 Å². The van der Waals surface area contributed by atoms with Crippen molar-refractivity contribution in [1.82, 2.24) is 4.72 Å². The Morgan fingerprint density at radius 1 is 1.04 bits per heavy atom. The third-order valence-corrected chi connectivity index (χ3v) is 6.97. The zero-order valence-corrected chi connectivity index (χ0v) is 16.7. The van der Waals surface area contributed by atoms with E-state index in [4.69, 9.17) is 0 Å². The molecule has 2 aromatic carbocycles. The maximum Gasteiger partial charge on any atom is 0.241 e. The predicted octanol–water partition coefficient (Wildman–Crippen LogP) is 4.41. The molecule has 0 heterocycles. The lowest BCUT2D eigenvalue weighted by atomic mass is 9.81. The quantitative estimate of drug-likeness (QED) is 0.776. The zero-order valence-electron chi connectivity index (χ0n) is 15.9. The van der Waals surface area contributed by atoms with Gasteiger partial charge in [-0.15, -0.1) is 0 Å². The average Bonchev–Trinajstić information content (AvgIpc) is 2.81. The van der Waals surface area contributed by atoms with Crippen LogP contribution in [-0.2, 0) is 14.8 Å². The van der Waals surface area contributed by atoms with E-state index in [-0.39, 0.29) is 22.5 Å². The summed E-state index contributed by atoms with van der Waals surface area (Å²) in [5.74, 6) is 0.435. The van der Waals surface area contributed by atoms with Crippen molar-refractivity contribution in [2.75, 3.05) is 0 Å². The maximum absolute atomic E-state index is 13.0. The van der Waals surface area contributed by atoms with Gasteiger partial charge in [-0.2, -0.15) is 0 Å². The molecule has 144 valence electrons. The Balaban J connectivity index is 1.97. The van der Waals surface area contributed by atoms with Crippen molar-refractivity contribution in [3.63, 3.8) is 0 Å². The molecule has 3 atom stereocenters. The molecule has 1 aliphatic carbocycles. The second-order valence-electron chi connectivity index (χ2n) is 7.60. The van der Waals surface area contributed by atoms with E-state index in [2.05, 4.69) is 11.6 Å². The van der Waals surface area contributed by atoms with Crippen LogP contribution in [0.1, 0.15) is 49.8 Å². The number of sulfonamides is 1. The van der Waals surface area contributed by atoms with Gasteiger partial charge in [-0.25, -0.2) is 13.1 Å². The van der Waals surface area contributed by atoms with Crippen molar-refractivity contribution in [2.24, 2.45) is 11.8 Å². The summed E-state index contributed by atoms with van der Waals surface area (Å²) in [7, 11) is -3.69. The number of ketones is 1. The molecule has 5 heteroatoms. The van der Waals surface area contributed by atoms with E-state index in [0.717, 1.165) is 24.0 Å². The van der Waals surface area contributed by atoms with Crippen LogP contribution in [0.5, 0.6) is 0 Å². The number of carbonyl (C=O) groups is 1. The molecule has 27 heavy (non-hydrogen) atoms. The largest absolute Gasteiger partial charge is 0.300 e. The van der Waals surface area contributed by atoms with E-state index in [9.17, 15) is 13.2 Å². The molecule has 3 rings (SSSR count). The Bertz CT molecular complexity index is 876. The van der Waals surface area contributed by atoms with Crippen LogP contribution < -0.4 is 4.72 Å². The van der Waals surface area contributed by atoms with Gasteiger partial charge in [0, 0.05) is 12.8 Å². The van der Waals surface area contributed by atoms with Gasteiger partial charge in [0.1, 0.15) is 5.78 Å². The van der Waals surface area contributed by atoms with Gasteiger partial charge in [0.15, 0.2) is 0 Å². The minimum Gasteiger partial charge on any atom is -0.300 e. The minimum absolute atomic E-state index is 0.0531. The molecule has 2 aromatic rings. The first kappa shape index (κ1) is 19.8. The van der Waals surface area contributed by atoms with Crippen LogP contribution >= 0.6 is 0 Å². The van der Waals surface area contributed by atoms with Gasteiger partial charge in [0.2, 0.25) is 10.0 Å². The monoisotopic (exact) mass is 385 g/mol. The summed E-state index contributed by atoms with van der Waals surface area (Å²) in [6.07, 6.45) is 2.82. The molecule has 4 nitrogen and oxygen atoms in total. The molecule has 0 aromatic heterocycles. The smallest absolute Gasteiger partial charge is 0.241 e. The predicted molar refractivity (Wildman–Crippen MR) is 107 cm³/mol. The number of nitrogens with one attached hydrogen (secondary N) is 1. The van der Waals surface area contributed by atoms with E-state index in [1.165, 1.54) is 0 Å². The maximum atomic E-state index is 13.0. The van der Waals surface area contributed by atoms with Crippen molar-refractivity contribution < 1.29 is 13.2 Å². The first-order chi connectivity index (χ1) is 12.9. The van der Waals surface area contributed by atoms with Gasteiger partial charge in [0.05, 0.1) is 10.9 Å². The highest BCUT2D eigenvalue weighted by molar-refractivity contribution is 7.89. The van der Waals surface area contributed by atoms with Crippen molar-refractivity contribution in [3.8, 4) is 0 Å². The first-order valence-electron chi connectivity index (χ1n) is 9.52. The summed E-state index contributed by atoms with van der Waals surface area (Å²) in [4.78, 5) is 12.5. The molecule has 1 fully saturated rings. The molecule has 0 unspecified atom stereocenters. The summed E-state index contributed by atoms with van der Waals surface area (Å²) < 4.78 is 29.0. The third kappa shape index (κ3) is 4.85. The normalized spacial score (nSPS) is 22.2. The van der Waals surface area contributed by atoms with Crippen LogP contribution in [0.3, 0.4) is 0 Å². The highest BCUT2D eigenvalue weighted by Crippen LogP contribution is 2.37. The molecular formula is C22H27NO3S. The lowest BCUT2D eigenvalue weighted by molar-refractivity contribution is -0.119. The number of benzene rings is 2. The number of hydrogen-bond donors (Lipinski definition) is 1. The summed E-state index contributed by atoms with van der Waals surface area (Å²) >= 11 is 0. The summed E-state index contributed by atoms with van der Waals surface area (Å²) in [6.45, 7) is 4.05. The Labute approximate surface area is 162 Å². The van der Waals surface area contributed by atoms with Crippen molar-refractivity contribution in [3.05, 3.63) is 65.7 Å². The second kappa shape index (κ2) is 8.36. The van der Waals surface area contributed by atoms with Gasteiger partial charge in [-0.3, -0.25) is 4.79 Å². The fraction of sp³-hybridized carbons (Fsp3) is 0.409. The third-order valence-electron chi connectivity index (χ3n) is 5.51. The zero-order chi connectivity index (χ0) is 19.4. The summed E-state index contributed by atoms with van der Waals surface area (Å²) in [6, 6.07) is 16.0. The molecule has 0 radical (unpaired) electrons. The van der Waals surface area contributed by atoms with Crippen molar-refractivity contribution in [2.45, 2.75) is 50.5 Å². The molecule has 0 amide bonds. The van der Waals surface area contributed by atoms with E-state index in [1.807, 2.05) is 37.3 Å². The molecule has 1 N–H and O–H groups in total. The van der Waals surface area contributed by atoms with Crippen LogP contribution in [-0.4, -0.2) is 14.2 Å². The molecule has 1 aliphatic rings. The van der Waals surface area contributed by atoms with Crippen LogP contribution in [0.2, 0.25) is 0 Å². The summed E-state index contributed by atoms with van der Waals surface area (Å²) in [5, 5.41) is 0. The molecular weight excluding hydrogens is 358 g/mol. The number of Topliss-reactive ketones (excluding diaryl/α,β-unsaturated/α-hetero) is 1. The van der Waals surface area contributed by atoms with E-state index in [1.54, 1.807) is 24.3 Å². The fourth-order valence-corrected chi connectivity index (χ4v) is 5.14. The summed E-state index contributed by atoms with van der Waals surface area (Å²) in [5.41, 5.74) is 1.91. The molecule has 0 aliphatic heterocycles. The lowest BCUT2D eigenvalue weighted by Crippen LogP contribution is -2.36. The van der Waals surface area contributed by atoms with Crippen LogP contribution in [0.15, 0.2) is 59.5 Å². The second-order valence-corrected chi connectivity index (χ2v) is 9.31. The van der Waals surface area contributed by atoms with Gasteiger partial charge < -0.3 is 0 Å². The van der Waals surface area contributed by atoms with Crippen LogP contribution in [0.25, 0.3) is 0 Å². The van der Waals surface area contributed by atoms with Crippen molar-refractivity contribution in [1.29, 1.82) is 0 Å². The molecule has 0 saturated heterocycles. The van der Waals surface area contributed by atoms with Gasteiger partial charge in [-0.05, 0) is 49.3 Å². The van der Waals surface area contributed by atoms with Gasteiger partial charge >= 0.3 is 0 Å². The van der Waals surface area contributed by atoms with Gasteiger partial charge in [0.25, 0.3) is 0 Å². The van der Waals surface area contributed by atoms with E-state index in [0.29, 0.717) is 12.8 Å². The van der Waals surface area contributed by atoms with E-state index < -0.39 is 16.1 Å². The van der Waals surface area contributed by atoms with Crippen molar-refractivity contribution >= 4 is 15.8 Å². The average molecular weight is 386 g/mol. The van der Waals surface area contributed by atoms with E-state index >= 15 is 0 Å². The Hall–Kier alpha value is -1.98. The highest BCUT2D eigenvalue weighted by atomic mass is 32.2. The minimum atomic E-state index is -3.69. The number of aryl methyl sites for hydroxylation is 1. The Morgan fingerprint density at radius 2 is 1.70 bits per heavy atom. The SMILES string of the molecule is Cc1ccc(S(=O)(=O)N[C@@H](c2ccccc2)[C@H]2CC(=O)CCC[C@@H]2C)cc1. The topological polar surface area (TPSA) is 63.2 Å². The fourth-order valence-electron chi connectivity index (χ4n) is 3.86. The van der Waals surface area contributed by atoms with Crippen LogP contribution in [0, 0.1) is 18.8 Å². The number of hydrogen-bond acceptors (Lipinski definition) is 3.